The standard InChI is InChI=1S/C83H162O17P2/c1-7-10-12-14-16-18-20-22-24-26-27-28-30-32-37-41-49-55-61-67-82(87)99-78(71-93-80(85)65-59-53-47-40-36-31-29-25-23-21-19-17-15-13-11-8-2)73-97-101(89,90)95-69-77(84)70-96-102(91,92)98-74-79(72-94-81(86)66-60-54-48-44-43-46-52-58-64-76(6)9-3)100-83(88)68-62-56-50-42-38-34-33-35-39-45-51-57-63-75(4)5/h75-79,84H,7-74H2,1-6H3,(H,89,90)(H,91,92)/t76?,77-,78-,79-/m1/s1. The molecule has 606 valence electrons. The van der Waals surface area contributed by atoms with E-state index in [0.717, 1.165) is 102 Å². The average molecular weight is 1490 g/mol. The molecule has 0 aliphatic rings. The minimum absolute atomic E-state index is 0.107. The number of hydrogen-bond acceptors (Lipinski definition) is 15. The molecule has 0 heterocycles. The third-order valence-electron chi connectivity index (χ3n) is 19.8. The number of carbonyl (C=O) groups is 4. The average Bonchev–Trinajstić information content (AvgIpc) is 0.914. The summed E-state index contributed by atoms with van der Waals surface area (Å²) in [5.74, 6) is -0.551. The quantitative estimate of drug-likeness (QED) is 0.0222. The number of hydrogen-bond donors (Lipinski definition) is 3. The number of aliphatic hydroxyl groups excluding tert-OH is 1. The van der Waals surface area contributed by atoms with Crippen LogP contribution in [0.1, 0.15) is 440 Å². The highest BCUT2D eigenvalue weighted by molar-refractivity contribution is 7.47. The summed E-state index contributed by atoms with van der Waals surface area (Å²) in [6, 6.07) is 0. The summed E-state index contributed by atoms with van der Waals surface area (Å²) in [5, 5.41) is 10.7. The van der Waals surface area contributed by atoms with Crippen molar-refractivity contribution in [2.24, 2.45) is 11.8 Å². The van der Waals surface area contributed by atoms with Gasteiger partial charge in [-0.25, -0.2) is 9.13 Å². The fourth-order valence-corrected chi connectivity index (χ4v) is 14.4. The molecular formula is C83H162O17P2. The number of esters is 4. The van der Waals surface area contributed by atoms with Crippen LogP contribution >= 0.6 is 15.6 Å². The zero-order valence-electron chi connectivity index (χ0n) is 66.9. The Hall–Kier alpha value is -1.94. The fraction of sp³-hybridized carbons (Fsp3) is 0.952. The Morgan fingerprint density at radius 3 is 0.745 bits per heavy atom. The Kier molecular flexibility index (Phi) is 73.1. The van der Waals surface area contributed by atoms with Gasteiger partial charge in [0.05, 0.1) is 26.4 Å². The molecule has 6 atom stereocenters. The molecule has 3 unspecified atom stereocenters. The minimum Gasteiger partial charge on any atom is -0.462 e. The summed E-state index contributed by atoms with van der Waals surface area (Å²) >= 11 is 0. The first kappa shape index (κ1) is 100. The Balaban J connectivity index is 5.26. The summed E-state index contributed by atoms with van der Waals surface area (Å²) < 4.78 is 68.8. The monoisotopic (exact) mass is 1490 g/mol. The molecule has 102 heavy (non-hydrogen) atoms. The largest absolute Gasteiger partial charge is 0.472 e. The summed E-state index contributed by atoms with van der Waals surface area (Å²) in [6.45, 7) is 9.67. The molecule has 19 heteroatoms. The molecule has 0 spiro atoms. The number of carbonyl (C=O) groups excluding carboxylic acids is 4. The van der Waals surface area contributed by atoms with Crippen LogP contribution in [0.4, 0.5) is 0 Å². The van der Waals surface area contributed by atoms with Crippen LogP contribution in [0.5, 0.6) is 0 Å². The summed E-state index contributed by atoms with van der Waals surface area (Å²) in [5.41, 5.74) is 0. The molecular weight excluding hydrogens is 1330 g/mol. The first-order valence-corrected chi connectivity index (χ1v) is 46.0. The van der Waals surface area contributed by atoms with E-state index in [9.17, 15) is 43.2 Å². The smallest absolute Gasteiger partial charge is 0.462 e. The molecule has 0 saturated carbocycles. The Labute approximate surface area is 626 Å². The minimum atomic E-state index is -4.96. The van der Waals surface area contributed by atoms with Crippen molar-refractivity contribution in [1.82, 2.24) is 0 Å². The maximum absolute atomic E-state index is 13.1. The number of rotatable bonds is 82. The van der Waals surface area contributed by atoms with Gasteiger partial charge in [0, 0.05) is 25.7 Å². The lowest BCUT2D eigenvalue weighted by molar-refractivity contribution is -0.161. The van der Waals surface area contributed by atoms with Crippen LogP contribution in [0.15, 0.2) is 0 Å². The van der Waals surface area contributed by atoms with Gasteiger partial charge < -0.3 is 33.8 Å². The maximum atomic E-state index is 13.1. The van der Waals surface area contributed by atoms with Crippen LogP contribution in [0.25, 0.3) is 0 Å². The van der Waals surface area contributed by atoms with Gasteiger partial charge in [-0.3, -0.25) is 37.3 Å². The first-order chi connectivity index (χ1) is 49.4. The van der Waals surface area contributed by atoms with E-state index < -0.39 is 97.5 Å². The summed E-state index contributed by atoms with van der Waals surface area (Å²) in [7, 11) is -9.92. The second-order valence-electron chi connectivity index (χ2n) is 30.6. The zero-order valence-corrected chi connectivity index (χ0v) is 68.7. The van der Waals surface area contributed by atoms with E-state index in [1.54, 1.807) is 0 Å². The van der Waals surface area contributed by atoms with Crippen LogP contribution in [0, 0.1) is 11.8 Å². The molecule has 0 aromatic heterocycles. The SMILES string of the molecule is CCCCCCCCCCCCCCCCCCCCCC(=O)O[C@H](COC(=O)CCCCCCCCCCCCCCCCCC)COP(=O)(O)OC[C@@H](O)COP(=O)(O)OC[C@@H](COC(=O)CCCCCCCCCCC(C)CC)OC(=O)CCCCCCCCCCCCCCC(C)C. The van der Waals surface area contributed by atoms with Gasteiger partial charge in [-0.05, 0) is 37.5 Å². The lowest BCUT2D eigenvalue weighted by atomic mass is 9.99. The van der Waals surface area contributed by atoms with Crippen molar-refractivity contribution >= 4 is 39.5 Å². The molecule has 0 bridgehead atoms. The number of aliphatic hydroxyl groups is 1. The zero-order chi connectivity index (χ0) is 74.9. The van der Waals surface area contributed by atoms with Crippen molar-refractivity contribution in [3.05, 3.63) is 0 Å². The molecule has 0 aromatic rings. The van der Waals surface area contributed by atoms with Gasteiger partial charge in [-0.2, -0.15) is 0 Å². The van der Waals surface area contributed by atoms with E-state index in [2.05, 4.69) is 41.5 Å². The molecule has 0 amide bonds. The molecule has 0 radical (unpaired) electrons. The van der Waals surface area contributed by atoms with Crippen LogP contribution in [0.3, 0.4) is 0 Å². The van der Waals surface area contributed by atoms with Crippen LogP contribution < -0.4 is 0 Å². The van der Waals surface area contributed by atoms with Gasteiger partial charge in [0.25, 0.3) is 0 Å². The highest BCUT2D eigenvalue weighted by Gasteiger charge is 2.30. The fourth-order valence-electron chi connectivity index (χ4n) is 12.9. The molecule has 0 saturated heterocycles. The van der Waals surface area contributed by atoms with Crippen molar-refractivity contribution in [2.75, 3.05) is 39.6 Å². The molecule has 3 N–H and O–H groups in total. The topological polar surface area (TPSA) is 237 Å². The third kappa shape index (κ3) is 74.9. The maximum Gasteiger partial charge on any atom is 0.472 e. The third-order valence-corrected chi connectivity index (χ3v) is 21.7. The lowest BCUT2D eigenvalue weighted by Gasteiger charge is -2.21. The summed E-state index contributed by atoms with van der Waals surface area (Å²) in [6.07, 6.45) is 65.1. The Morgan fingerprint density at radius 2 is 0.500 bits per heavy atom. The number of unbranched alkanes of at least 4 members (excludes halogenated alkanes) is 51. The van der Waals surface area contributed by atoms with Crippen LogP contribution in [-0.2, 0) is 65.4 Å². The molecule has 0 aromatic carbocycles. The van der Waals surface area contributed by atoms with E-state index in [-0.39, 0.29) is 25.7 Å². The van der Waals surface area contributed by atoms with E-state index in [0.29, 0.717) is 25.7 Å². The Bertz CT molecular complexity index is 1960. The molecule has 0 aliphatic heterocycles. The van der Waals surface area contributed by atoms with Crippen molar-refractivity contribution < 1.29 is 80.2 Å². The molecule has 0 rings (SSSR count). The van der Waals surface area contributed by atoms with Crippen molar-refractivity contribution in [3.8, 4) is 0 Å². The highest BCUT2D eigenvalue weighted by atomic mass is 31.2. The van der Waals surface area contributed by atoms with E-state index in [4.69, 9.17) is 37.0 Å². The van der Waals surface area contributed by atoms with Crippen molar-refractivity contribution in [3.63, 3.8) is 0 Å². The van der Waals surface area contributed by atoms with E-state index in [1.807, 2.05) is 0 Å². The van der Waals surface area contributed by atoms with E-state index >= 15 is 0 Å². The predicted molar refractivity (Wildman–Crippen MR) is 418 cm³/mol. The van der Waals surface area contributed by atoms with Gasteiger partial charge in [0.1, 0.15) is 19.3 Å². The van der Waals surface area contributed by atoms with Gasteiger partial charge in [-0.15, -0.1) is 0 Å². The normalized spacial score (nSPS) is 14.1. The van der Waals surface area contributed by atoms with Gasteiger partial charge in [-0.1, -0.05) is 388 Å². The lowest BCUT2D eigenvalue weighted by Crippen LogP contribution is -2.30. The van der Waals surface area contributed by atoms with Gasteiger partial charge in [0.15, 0.2) is 12.2 Å². The van der Waals surface area contributed by atoms with E-state index in [1.165, 1.54) is 257 Å². The predicted octanol–water partition coefficient (Wildman–Crippen LogP) is 25.1. The Morgan fingerprint density at radius 1 is 0.284 bits per heavy atom. The number of ether oxygens (including phenoxy) is 4. The molecule has 0 fully saturated rings. The summed E-state index contributed by atoms with van der Waals surface area (Å²) in [4.78, 5) is 73.2. The first-order valence-electron chi connectivity index (χ1n) is 43.0. The van der Waals surface area contributed by atoms with Crippen LogP contribution in [0.2, 0.25) is 0 Å². The molecule has 17 nitrogen and oxygen atoms in total. The van der Waals surface area contributed by atoms with Crippen LogP contribution in [-0.4, -0.2) is 96.7 Å². The number of phosphoric ester groups is 2. The molecule has 0 aliphatic carbocycles. The number of phosphoric acid groups is 2. The highest BCUT2D eigenvalue weighted by Crippen LogP contribution is 2.45. The van der Waals surface area contributed by atoms with Gasteiger partial charge in [0.2, 0.25) is 0 Å². The second-order valence-corrected chi connectivity index (χ2v) is 33.5. The second kappa shape index (κ2) is 74.5. The van der Waals surface area contributed by atoms with Crippen molar-refractivity contribution in [2.45, 2.75) is 458 Å². The van der Waals surface area contributed by atoms with Crippen molar-refractivity contribution in [1.29, 1.82) is 0 Å². The van der Waals surface area contributed by atoms with Gasteiger partial charge >= 0.3 is 39.5 Å².